The highest BCUT2D eigenvalue weighted by atomic mass is 16.4. The normalized spacial score (nSPS) is 20.2. The number of anilines is 2. The van der Waals surface area contributed by atoms with Crippen LogP contribution in [-0.2, 0) is 4.79 Å². The lowest BCUT2D eigenvalue weighted by molar-refractivity contribution is -0.117. The third-order valence-electron chi connectivity index (χ3n) is 6.40. The Labute approximate surface area is 186 Å². The Kier molecular flexibility index (Phi) is 4.73. The lowest BCUT2D eigenvalue weighted by Gasteiger charge is -2.46. The summed E-state index contributed by atoms with van der Waals surface area (Å²) in [5.41, 5.74) is 4.38. The number of amides is 2. The molecule has 1 saturated carbocycles. The van der Waals surface area contributed by atoms with Gasteiger partial charge in [-0.1, -0.05) is 12.1 Å². The second-order valence-corrected chi connectivity index (χ2v) is 8.55. The van der Waals surface area contributed by atoms with E-state index in [2.05, 4.69) is 10.1 Å². The van der Waals surface area contributed by atoms with Gasteiger partial charge in [0.25, 0.3) is 0 Å². The van der Waals surface area contributed by atoms with Crippen LogP contribution in [0.15, 0.2) is 48.9 Å². The minimum absolute atomic E-state index is 0.135. The molecule has 32 heavy (non-hydrogen) atoms. The number of benzene rings is 1. The molecule has 164 valence electrons. The summed E-state index contributed by atoms with van der Waals surface area (Å²) >= 11 is 0. The maximum absolute atomic E-state index is 12.7. The van der Waals surface area contributed by atoms with Gasteiger partial charge in [-0.15, -0.1) is 0 Å². The number of hydrogen-bond acceptors (Lipinski definition) is 4. The van der Waals surface area contributed by atoms with Crippen LogP contribution in [0.1, 0.15) is 50.0 Å². The van der Waals surface area contributed by atoms with Crippen molar-refractivity contribution in [2.24, 2.45) is 0 Å². The van der Waals surface area contributed by atoms with Gasteiger partial charge in [-0.25, -0.2) is 4.79 Å². The smallest absolute Gasteiger partial charge is 0.412 e. The first-order valence-electron chi connectivity index (χ1n) is 10.8. The number of fused-ring (bicyclic) bond motifs is 1. The minimum Gasteiger partial charge on any atom is -0.465 e. The number of nitrogens with zero attached hydrogens (tertiary/aromatic N) is 5. The molecule has 0 spiro atoms. The molecule has 1 aromatic carbocycles. The van der Waals surface area contributed by atoms with E-state index < -0.39 is 18.2 Å². The molecular weight excluding hydrogens is 406 g/mol. The van der Waals surface area contributed by atoms with E-state index in [-0.39, 0.29) is 5.91 Å². The van der Waals surface area contributed by atoms with Crippen LogP contribution in [0, 0.1) is 6.92 Å². The molecule has 8 nitrogen and oxygen atoms in total. The number of carbonyl (C=O) groups excluding carboxylic acids is 1. The predicted octanol–water partition coefficient (Wildman–Crippen LogP) is 4.57. The number of pyridine rings is 1. The summed E-state index contributed by atoms with van der Waals surface area (Å²) in [5.74, 6) is -0.135. The monoisotopic (exact) mass is 431 g/mol. The molecule has 0 radical (unpaired) electrons. The van der Waals surface area contributed by atoms with E-state index in [0.29, 0.717) is 17.4 Å². The highest BCUT2D eigenvalue weighted by Gasteiger charge is 2.43. The minimum atomic E-state index is -1.07. The van der Waals surface area contributed by atoms with Crippen LogP contribution < -0.4 is 9.80 Å². The number of carboxylic acid groups (broad SMARTS) is 1. The summed E-state index contributed by atoms with van der Waals surface area (Å²) in [5, 5.41) is 14.7. The van der Waals surface area contributed by atoms with Crippen molar-refractivity contribution in [2.75, 3.05) is 9.80 Å². The maximum atomic E-state index is 12.7. The van der Waals surface area contributed by atoms with Gasteiger partial charge in [0.15, 0.2) is 0 Å². The van der Waals surface area contributed by atoms with E-state index in [1.54, 1.807) is 17.2 Å². The highest BCUT2D eigenvalue weighted by Crippen LogP contribution is 2.46. The molecule has 3 aromatic rings. The second kappa shape index (κ2) is 7.47. The molecule has 0 bridgehead atoms. The van der Waals surface area contributed by atoms with Crippen molar-refractivity contribution in [3.8, 4) is 11.1 Å². The largest absolute Gasteiger partial charge is 0.465 e. The molecule has 1 aliphatic carbocycles. The summed E-state index contributed by atoms with van der Waals surface area (Å²) in [7, 11) is 0. The Morgan fingerprint density at radius 3 is 2.53 bits per heavy atom. The Morgan fingerprint density at radius 2 is 1.88 bits per heavy atom. The van der Waals surface area contributed by atoms with Gasteiger partial charge < -0.3 is 10.0 Å². The molecule has 1 unspecified atom stereocenters. The van der Waals surface area contributed by atoms with Crippen molar-refractivity contribution < 1.29 is 14.7 Å². The lowest BCUT2D eigenvalue weighted by atomic mass is 9.91. The van der Waals surface area contributed by atoms with E-state index in [9.17, 15) is 14.7 Å². The van der Waals surface area contributed by atoms with Crippen LogP contribution in [-0.4, -0.2) is 37.9 Å². The van der Waals surface area contributed by atoms with Gasteiger partial charge in [0.05, 0.1) is 35.7 Å². The van der Waals surface area contributed by atoms with Crippen molar-refractivity contribution in [2.45, 2.75) is 51.7 Å². The summed E-state index contributed by atoms with van der Waals surface area (Å²) in [6.45, 7) is 5.25. The van der Waals surface area contributed by atoms with E-state index in [1.165, 1.54) is 11.8 Å². The van der Waals surface area contributed by atoms with E-state index in [1.807, 2.05) is 55.2 Å². The van der Waals surface area contributed by atoms with Gasteiger partial charge in [-0.05, 0) is 56.0 Å². The number of aryl methyl sites for hydroxylation is 1. The van der Waals surface area contributed by atoms with E-state index in [4.69, 9.17) is 0 Å². The molecule has 1 aliphatic heterocycles. The zero-order valence-electron chi connectivity index (χ0n) is 18.3. The predicted molar refractivity (Wildman–Crippen MR) is 121 cm³/mol. The molecule has 5 rings (SSSR count). The van der Waals surface area contributed by atoms with Crippen molar-refractivity contribution >= 4 is 23.4 Å². The summed E-state index contributed by atoms with van der Waals surface area (Å²) < 4.78 is 1.97. The van der Waals surface area contributed by atoms with Crippen molar-refractivity contribution in [1.29, 1.82) is 0 Å². The highest BCUT2D eigenvalue weighted by molar-refractivity contribution is 6.03. The average Bonchev–Trinajstić information content (AvgIpc) is 3.49. The van der Waals surface area contributed by atoms with Gasteiger partial charge in [0.1, 0.15) is 0 Å². The Bertz CT molecular complexity index is 1220. The summed E-state index contributed by atoms with van der Waals surface area (Å²) in [6.07, 6.45) is 6.69. The first-order chi connectivity index (χ1) is 15.4. The average molecular weight is 431 g/mol. The molecule has 1 fully saturated rings. The molecule has 2 amide bonds. The van der Waals surface area contributed by atoms with Gasteiger partial charge in [-0.2, -0.15) is 5.10 Å². The lowest BCUT2D eigenvalue weighted by Crippen LogP contribution is -2.53. The molecular formula is C24H25N5O3. The second-order valence-electron chi connectivity index (χ2n) is 8.55. The molecule has 2 aliphatic rings. The van der Waals surface area contributed by atoms with E-state index in [0.717, 1.165) is 35.2 Å². The van der Waals surface area contributed by atoms with Crippen molar-refractivity contribution in [1.82, 2.24) is 14.8 Å². The standard InChI is InChI=1S/C24H25N5O3/c1-14-20(5-4-10-25-14)23-15(2)28(16(3)30)21-9-6-17(11-22(21)29(23)24(31)32)18-12-26-27(13-18)19-7-8-19/h4-6,9-13,15,19,23H,7-8H2,1-3H3,(H,31,32)/t15-,23?/m0/s1. The Hall–Kier alpha value is -3.68. The zero-order chi connectivity index (χ0) is 22.6. The SMILES string of the molecule is CC(=O)N1c2ccc(-c3cnn(C4CC4)c3)cc2N(C(=O)O)C(c2cccnc2C)[C@@H]1C. The topological polar surface area (TPSA) is 91.6 Å². The summed E-state index contributed by atoms with van der Waals surface area (Å²) in [4.78, 5) is 32.7. The van der Waals surface area contributed by atoms with Crippen LogP contribution in [0.3, 0.4) is 0 Å². The third-order valence-corrected chi connectivity index (χ3v) is 6.40. The first-order valence-corrected chi connectivity index (χ1v) is 10.8. The van der Waals surface area contributed by atoms with Gasteiger partial charge in [0, 0.05) is 30.6 Å². The van der Waals surface area contributed by atoms with Crippen LogP contribution in [0.4, 0.5) is 16.2 Å². The molecule has 1 N–H and O–H groups in total. The third kappa shape index (κ3) is 3.23. The number of aromatic nitrogens is 3. The first kappa shape index (κ1) is 20.2. The Morgan fingerprint density at radius 1 is 1.09 bits per heavy atom. The quantitative estimate of drug-likeness (QED) is 0.656. The number of rotatable bonds is 3. The van der Waals surface area contributed by atoms with Gasteiger partial charge >= 0.3 is 6.09 Å². The van der Waals surface area contributed by atoms with Crippen LogP contribution in [0.5, 0.6) is 0 Å². The maximum Gasteiger partial charge on any atom is 0.412 e. The molecule has 2 aromatic heterocycles. The van der Waals surface area contributed by atoms with Gasteiger partial charge in [0.2, 0.25) is 5.91 Å². The van der Waals surface area contributed by atoms with Crippen LogP contribution >= 0.6 is 0 Å². The number of carbonyl (C=O) groups is 2. The van der Waals surface area contributed by atoms with E-state index >= 15 is 0 Å². The van der Waals surface area contributed by atoms with Crippen LogP contribution in [0.2, 0.25) is 0 Å². The molecule has 2 atom stereocenters. The molecule has 3 heterocycles. The molecule has 8 heteroatoms. The van der Waals surface area contributed by atoms with Crippen molar-refractivity contribution in [3.05, 3.63) is 60.2 Å². The van der Waals surface area contributed by atoms with Gasteiger partial charge in [-0.3, -0.25) is 19.4 Å². The fourth-order valence-corrected chi connectivity index (χ4v) is 4.74. The summed E-state index contributed by atoms with van der Waals surface area (Å²) in [6, 6.07) is 8.76. The number of hydrogen-bond donors (Lipinski definition) is 1. The zero-order valence-corrected chi connectivity index (χ0v) is 18.3. The van der Waals surface area contributed by atoms with Crippen LogP contribution in [0.25, 0.3) is 11.1 Å². The van der Waals surface area contributed by atoms with Crippen molar-refractivity contribution in [3.63, 3.8) is 0 Å². The fourth-order valence-electron chi connectivity index (χ4n) is 4.74. The Balaban J connectivity index is 1.68. The fraction of sp³-hybridized carbons (Fsp3) is 0.333. The molecule has 0 saturated heterocycles.